The highest BCUT2D eigenvalue weighted by atomic mass is 35.5. The summed E-state index contributed by atoms with van der Waals surface area (Å²) in [6, 6.07) is 1.52. The van der Waals surface area contributed by atoms with Gasteiger partial charge in [-0.15, -0.1) is 16.7 Å². The van der Waals surface area contributed by atoms with Gasteiger partial charge in [-0.2, -0.15) is 5.10 Å². The van der Waals surface area contributed by atoms with Crippen molar-refractivity contribution < 1.29 is 9.90 Å². The fraction of sp³-hybridized carbons (Fsp3) is 0.167. The molecule has 0 bridgehead atoms. The van der Waals surface area contributed by atoms with Gasteiger partial charge >= 0.3 is 6.09 Å². The number of carboxylic acid groups (broad SMARTS) is 1. The second-order valence-corrected chi connectivity index (χ2v) is 2.28. The molecule has 1 aromatic heterocycles. The maximum Gasteiger partial charge on any atom is 0.410 e. The molecule has 0 saturated heterocycles. The monoisotopic (exact) mass is 187 g/mol. The van der Waals surface area contributed by atoms with Gasteiger partial charge in [0.25, 0.3) is 0 Å². The number of aromatic nitrogens is 2. The average molecular weight is 188 g/mol. The van der Waals surface area contributed by atoms with Crippen LogP contribution in [0, 0.1) is 0 Å². The van der Waals surface area contributed by atoms with Crippen molar-refractivity contribution in [3.63, 3.8) is 0 Å². The number of halogens is 1. The normalized spacial score (nSPS) is 9.42. The first-order valence-corrected chi connectivity index (χ1v) is 3.63. The van der Waals surface area contributed by atoms with Crippen LogP contribution in [0.5, 0.6) is 0 Å². The summed E-state index contributed by atoms with van der Waals surface area (Å²) in [6.45, 7) is 0. The topological polar surface area (TPSA) is 75.1 Å². The van der Waals surface area contributed by atoms with E-state index in [0.717, 1.165) is 5.56 Å². The number of nitrogens with zero attached hydrogens (tertiary/aromatic N) is 2. The Balaban J connectivity index is 2.79. The Labute approximate surface area is 73.4 Å². The van der Waals surface area contributed by atoms with Crippen LogP contribution >= 0.6 is 11.6 Å². The Morgan fingerprint density at radius 1 is 1.75 bits per heavy atom. The molecule has 0 aromatic carbocycles. The van der Waals surface area contributed by atoms with Crippen LogP contribution in [0.2, 0.25) is 0 Å². The van der Waals surface area contributed by atoms with E-state index in [4.69, 9.17) is 16.7 Å². The number of anilines is 1. The molecule has 2 N–H and O–H groups in total. The average Bonchev–Trinajstić information content (AvgIpc) is 2.03. The summed E-state index contributed by atoms with van der Waals surface area (Å²) < 4.78 is 0. The standard InChI is InChI=1S/C6H6ClN3O2/c7-2-4-1-5(9-6(11)12)10-8-3-4/h1,3H,2H2,(H,9,10)(H,11,12). The lowest BCUT2D eigenvalue weighted by Gasteiger charge is -1.98. The molecule has 6 heteroatoms. The second kappa shape index (κ2) is 3.87. The Morgan fingerprint density at radius 3 is 3.08 bits per heavy atom. The third-order valence-corrected chi connectivity index (χ3v) is 1.41. The molecule has 0 aliphatic carbocycles. The highest BCUT2D eigenvalue weighted by Crippen LogP contribution is 2.06. The predicted octanol–water partition coefficient (Wildman–Crippen LogP) is 1.31. The van der Waals surface area contributed by atoms with E-state index in [1.807, 2.05) is 0 Å². The Bertz CT molecular complexity index is 292. The fourth-order valence-electron chi connectivity index (χ4n) is 0.651. The lowest BCUT2D eigenvalue weighted by atomic mass is 10.3. The first-order chi connectivity index (χ1) is 5.72. The van der Waals surface area contributed by atoms with Gasteiger partial charge in [0.1, 0.15) is 0 Å². The fourth-order valence-corrected chi connectivity index (χ4v) is 0.797. The molecule has 1 aromatic rings. The van der Waals surface area contributed by atoms with Gasteiger partial charge in [-0.3, -0.25) is 5.32 Å². The van der Waals surface area contributed by atoms with Crippen molar-refractivity contribution >= 4 is 23.5 Å². The van der Waals surface area contributed by atoms with Crippen molar-refractivity contribution in [2.45, 2.75) is 5.88 Å². The number of alkyl halides is 1. The van der Waals surface area contributed by atoms with Gasteiger partial charge < -0.3 is 5.11 Å². The smallest absolute Gasteiger partial charge is 0.410 e. The van der Waals surface area contributed by atoms with Crippen LogP contribution in [0.1, 0.15) is 5.56 Å². The van der Waals surface area contributed by atoms with Gasteiger partial charge in [0, 0.05) is 5.88 Å². The number of hydrogen-bond donors (Lipinski definition) is 2. The highest BCUT2D eigenvalue weighted by Gasteiger charge is 2.00. The van der Waals surface area contributed by atoms with Crippen molar-refractivity contribution in [1.82, 2.24) is 10.2 Å². The van der Waals surface area contributed by atoms with Crippen molar-refractivity contribution in [3.8, 4) is 0 Å². The van der Waals surface area contributed by atoms with Gasteiger partial charge in [-0.25, -0.2) is 4.79 Å². The Kier molecular flexibility index (Phi) is 2.82. The Morgan fingerprint density at radius 2 is 2.50 bits per heavy atom. The van der Waals surface area contributed by atoms with E-state index < -0.39 is 6.09 Å². The lowest BCUT2D eigenvalue weighted by molar-refractivity contribution is 0.209. The van der Waals surface area contributed by atoms with Gasteiger partial charge in [0.15, 0.2) is 5.82 Å². The summed E-state index contributed by atoms with van der Waals surface area (Å²) >= 11 is 5.49. The van der Waals surface area contributed by atoms with Crippen LogP contribution in [-0.4, -0.2) is 21.4 Å². The zero-order valence-corrected chi connectivity index (χ0v) is 6.75. The molecular weight excluding hydrogens is 182 g/mol. The van der Waals surface area contributed by atoms with Crippen LogP contribution in [0.15, 0.2) is 12.3 Å². The molecule has 0 radical (unpaired) electrons. The van der Waals surface area contributed by atoms with Crippen LogP contribution in [0.3, 0.4) is 0 Å². The SMILES string of the molecule is O=C(O)Nc1cc(CCl)cnn1. The van der Waals surface area contributed by atoms with Crippen molar-refractivity contribution in [1.29, 1.82) is 0 Å². The van der Waals surface area contributed by atoms with E-state index in [-0.39, 0.29) is 11.7 Å². The Hall–Kier alpha value is -1.36. The van der Waals surface area contributed by atoms with E-state index in [2.05, 4.69) is 15.5 Å². The first kappa shape index (κ1) is 8.73. The minimum atomic E-state index is -1.17. The molecular formula is C6H6ClN3O2. The largest absolute Gasteiger partial charge is 0.465 e. The molecule has 1 amide bonds. The molecule has 0 aliphatic rings. The maximum atomic E-state index is 10.2. The van der Waals surface area contributed by atoms with E-state index in [1.165, 1.54) is 12.3 Å². The van der Waals surface area contributed by atoms with E-state index in [0.29, 0.717) is 0 Å². The third kappa shape index (κ3) is 2.35. The van der Waals surface area contributed by atoms with Gasteiger partial charge in [-0.1, -0.05) is 0 Å². The van der Waals surface area contributed by atoms with Crippen LogP contribution in [0.25, 0.3) is 0 Å². The zero-order valence-electron chi connectivity index (χ0n) is 5.99. The number of rotatable bonds is 2. The summed E-state index contributed by atoms with van der Waals surface area (Å²) in [5.41, 5.74) is 0.718. The number of amides is 1. The molecule has 0 atom stereocenters. The van der Waals surface area contributed by atoms with E-state index in [9.17, 15) is 4.79 Å². The first-order valence-electron chi connectivity index (χ1n) is 3.10. The highest BCUT2D eigenvalue weighted by molar-refractivity contribution is 6.17. The molecule has 5 nitrogen and oxygen atoms in total. The third-order valence-electron chi connectivity index (χ3n) is 1.10. The lowest BCUT2D eigenvalue weighted by Crippen LogP contribution is -2.09. The number of nitrogens with one attached hydrogen (secondary N) is 1. The summed E-state index contributed by atoms with van der Waals surface area (Å²) in [5.74, 6) is 0.463. The van der Waals surface area contributed by atoms with Crippen LogP contribution in [0.4, 0.5) is 10.6 Å². The molecule has 0 saturated carbocycles. The van der Waals surface area contributed by atoms with E-state index in [1.54, 1.807) is 0 Å². The molecule has 0 unspecified atom stereocenters. The summed E-state index contributed by atoms with van der Waals surface area (Å²) in [4.78, 5) is 10.2. The number of carbonyl (C=O) groups is 1. The summed E-state index contributed by atoms with van der Waals surface area (Å²) in [6.07, 6.45) is 0.302. The summed E-state index contributed by atoms with van der Waals surface area (Å²) in [5, 5.41) is 17.5. The van der Waals surface area contributed by atoms with Crippen LogP contribution in [-0.2, 0) is 5.88 Å². The van der Waals surface area contributed by atoms with Gasteiger partial charge in [-0.05, 0) is 11.6 Å². The molecule has 64 valence electrons. The zero-order chi connectivity index (χ0) is 8.97. The molecule has 0 spiro atoms. The molecule has 1 heterocycles. The van der Waals surface area contributed by atoms with E-state index >= 15 is 0 Å². The molecule has 0 fully saturated rings. The quantitative estimate of drug-likeness (QED) is 0.685. The molecule has 0 aliphatic heterocycles. The molecule has 1 rings (SSSR count). The predicted molar refractivity (Wildman–Crippen MR) is 43.2 cm³/mol. The summed E-state index contributed by atoms with van der Waals surface area (Å²) in [7, 11) is 0. The van der Waals surface area contributed by atoms with Gasteiger partial charge in [0.05, 0.1) is 6.20 Å². The number of hydrogen-bond acceptors (Lipinski definition) is 3. The van der Waals surface area contributed by atoms with Crippen molar-refractivity contribution in [2.75, 3.05) is 5.32 Å². The maximum absolute atomic E-state index is 10.2. The van der Waals surface area contributed by atoms with Crippen molar-refractivity contribution in [3.05, 3.63) is 17.8 Å². The van der Waals surface area contributed by atoms with Crippen molar-refractivity contribution in [2.24, 2.45) is 0 Å². The minimum absolute atomic E-state index is 0.181. The second-order valence-electron chi connectivity index (χ2n) is 2.01. The molecule has 12 heavy (non-hydrogen) atoms. The van der Waals surface area contributed by atoms with Gasteiger partial charge in [0.2, 0.25) is 0 Å². The minimum Gasteiger partial charge on any atom is -0.465 e. The van der Waals surface area contributed by atoms with Crippen LogP contribution < -0.4 is 5.32 Å².